The molecular weight excluding hydrogens is 372 g/mol. The van der Waals surface area contributed by atoms with Crippen molar-refractivity contribution in [2.45, 2.75) is 123 Å². The van der Waals surface area contributed by atoms with Crippen molar-refractivity contribution < 1.29 is 15.3 Å². The van der Waals surface area contributed by atoms with Gasteiger partial charge < -0.3 is 15.3 Å². The third kappa shape index (κ3) is 6.56. The number of phenols is 3. The minimum Gasteiger partial charge on any atom is -0.508 e. The van der Waals surface area contributed by atoms with Gasteiger partial charge in [0.05, 0.1) is 0 Å². The van der Waals surface area contributed by atoms with E-state index in [1.54, 1.807) is 0 Å². The highest BCUT2D eigenvalue weighted by Crippen LogP contribution is 2.52. The fourth-order valence-electron chi connectivity index (χ4n) is 5.07. The van der Waals surface area contributed by atoms with E-state index in [-0.39, 0.29) is 17.2 Å². The highest BCUT2D eigenvalue weighted by Gasteiger charge is 2.39. The molecule has 3 N–H and O–H groups in total. The Morgan fingerprint density at radius 3 is 1.83 bits per heavy atom. The standard InChI is InChI=1S/C27H44O3/c1-3-27(18-19-27)15-11-7-5-8-12-21-22(25(30)24(29)20-23(21)28)13-9-4-6-10-14-26(2)16-17-26/h20,28-30H,3-19H2,1-2H3. The van der Waals surface area contributed by atoms with E-state index in [1.165, 1.54) is 83.1 Å². The third-order valence-corrected chi connectivity index (χ3v) is 8.13. The van der Waals surface area contributed by atoms with Crippen LogP contribution in [0.15, 0.2) is 6.07 Å². The van der Waals surface area contributed by atoms with Gasteiger partial charge in [-0.3, -0.25) is 0 Å². The SMILES string of the molecule is CCC1(CCCCCCc2c(O)cc(O)c(O)c2CCCCCCC2(C)CC2)CC1. The summed E-state index contributed by atoms with van der Waals surface area (Å²) in [6.45, 7) is 4.71. The largest absolute Gasteiger partial charge is 0.508 e. The van der Waals surface area contributed by atoms with E-state index in [4.69, 9.17) is 0 Å². The highest BCUT2D eigenvalue weighted by atomic mass is 16.3. The molecule has 0 unspecified atom stereocenters. The number of unbranched alkanes of at least 4 members (excludes halogenated alkanes) is 6. The minimum absolute atomic E-state index is 0.0214. The van der Waals surface area contributed by atoms with Crippen molar-refractivity contribution in [3.63, 3.8) is 0 Å². The highest BCUT2D eigenvalue weighted by molar-refractivity contribution is 5.55. The van der Waals surface area contributed by atoms with Gasteiger partial charge in [-0.2, -0.15) is 0 Å². The summed E-state index contributed by atoms with van der Waals surface area (Å²) in [7, 11) is 0. The van der Waals surface area contributed by atoms with Crippen LogP contribution in [-0.2, 0) is 12.8 Å². The minimum atomic E-state index is -0.192. The number of benzene rings is 1. The topological polar surface area (TPSA) is 60.7 Å². The second-order valence-electron chi connectivity index (χ2n) is 10.7. The zero-order valence-corrected chi connectivity index (χ0v) is 19.4. The van der Waals surface area contributed by atoms with E-state index < -0.39 is 0 Å². The summed E-state index contributed by atoms with van der Waals surface area (Å²) in [6, 6.07) is 1.31. The molecule has 0 saturated heterocycles. The lowest BCUT2D eigenvalue weighted by Gasteiger charge is -2.15. The van der Waals surface area contributed by atoms with E-state index >= 15 is 0 Å². The maximum Gasteiger partial charge on any atom is 0.161 e. The van der Waals surface area contributed by atoms with Gasteiger partial charge in [-0.05, 0) is 75.0 Å². The van der Waals surface area contributed by atoms with Gasteiger partial charge in [-0.25, -0.2) is 0 Å². The van der Waals surface area contributed by atoms with Gasteiger partial charge in [0, 0.05) is 17.2 Å². The van der Waals surface area contributed by atoms with Gasteiger partial charge in [-0.1, -0.05) is 58.8 Å². The number of phenolic OH excluding ortho intramolecular Hbond substituents is 3. The fourth-order valence-corrected chi connectivity index (χ4v) is 5.07. The first-order valence-corrected chi connectivity index (χ1v) is 12.6. The van der Waals surface area contributed by atoms with E-state index in [2.05, 4.69) is 13.8 Å². The summed E-state index contributed by atoms with van der Waals surface area (Å²) >= 11 is 0. The van der Waals surface area contributed by atoms with Crippen LogP contribution >= 0.6 is 0 Å². The Balaban J connectivity index is 1.41. The van der Waals surface area contributed by atoms with Crippen molar-refractivity contribution in [1.82, 2.24) is 0 Å². The lowest BCUT2D eigenvalue weighted by atomic mass is 9.92. The van der Waals surface area contributed by atoms with Crippen LogP contribution in [-0.4, -0.2) is 15.3 Å². The second kappa shape index (κ2) is 10.3. The van der Waals surface area contributed by atoms with E-state index in [9.17, 15) is 15.3 Å². The molecule has 3 rings (SSSR count). The Hall–Kier alpha value is -1.38. The number of hydrogen-bond donors (Lipinski definition) is 3. The van der Waals surface area contributed by atoms with E-state index in [0.717, 1.165) is 43.2 Å². The number of hydrogen-bond acceptors (Lipinski definition) is 3. The quantitative estimate of drug-likeness (QED) is 0.155. The van der Waals surface area contributed by atoms with Crippen LogP contribution in [0.4, 0.5) is 0 Å². The van der Waals surface area contributed by atoms with Gasteiger partial charge in [0.25, 0.3) is 0 Å². The molecule has 1 aromatic rings. The van der Waals surface area contributed by atoms with Gasteiger partial charge in [0.15, 0.2) is 11.5 Å². The van der Waals surface area contributed by atoms with Gasteiger partial charge >= 0.3 is 0 Å². The molecule has 30 heavy (non-hydrogen) atoms. The first-order chi connectivity index (χ1) is 14.4. The van der Waals surface area contributed by atoms with Crippen molar-refractivity contribution >= 4 is 0 Å². The zero-order chi connectivity index (χ0) is 21.6. The van der Waals surface area contributed by atoms with Crippen LogP contribution < -0.4 is 0 Å². The Labute approximate surface area is 183 Å². The average molecular weight is 417 g/mol. The smallest absolute Gasteiger partial charge is 0.161 e. The summed E-state index contributed by atoms with van der Waals surface area (Å²) in [4.78, 5) is 0. The molecule has 2 aliphatic carbocycles. The molecule has 0 radical (unpaired) electrons. The Kier molecular flexibility index (Phi) is 7.98. The molecule has 0 spiro atoms. The molecule has 0 aromatic heterocycles. The molecule has 0 aliphatic heterocycles. The van der Waals surface area contributed by atoms with Crippen molar-refractivity contribution in [2.24, 2.45) is 10.8 Å². The van der Waals surface area contributed by atoms with E-state index in [1.807, 2.05) is 0 Å². The molecule has 0 amide bonds. The van der Waals surface area contributed by atoms with Gasteiger partial charge in [0.1, 0.15) is 5.75 Å². The monoisotopic (exact) mass is 416 g/mol. The van der Waals surface area contributed by atoms with Crippen molar-refractivity contribution in [1.29, 1.82) is 0 Å². The molecule has 0 bridgehead atoms. The van der Waals surface area contributed by atoms with Crippen molar-refractivity contribution in [3.05, 3.63) is 17.2 Å². The molecule has 3 nitrogen and oxygen atoms in total. The number of aromatic hydroxyl groups is 3. The molecule has 3 heteroatoms. The Morgan fingerprint density at radius 1 is 0.700 bits per heavy atom. The van der Waals surface area contributed by atoms with Crippen LogP contribution in [0.2, 0.25) is 0 Å². The predicted octanol–water partition coefficient (Wildman–Crippen LogP) is 7.78. The summed E-state index contributed by atoms with van der Waals surface area (Å²) in [5.74, 6) is -0.0704. The first kappa shape index (κ1) is 23.3. The van der Waals surface area contributed by atoms with Crippen LogP contribution in [0.1, 0.15) is 121 Å². The lowest BCUT2D eigenvalue weighted by molar-refractivity contribution is 0.387. The predicted molar refractivity (Wildman–Crippen MR) is 124 cm³/mol. The second-order valence-corrected chi connectivity index (χ2v) is 10.7. The molecule has 2 aliphatic rings. The summed E-state index contributed by atoms with van der Waals surface area (Å²) in [5.41, 5.74) is 2.94. The first-order valence-electron chi connectivity index (χ1n) is 12.6. The maximum absolute atomic E-state index is 10.4. The third-order valence-electron chi connectivity index (χ3n) is 8.13. The zero-order valence-electron chi connectivity index (χ0n) is 19.4. The van der Waals surface area contributed by atoms with Gasteiger partial charge in [0.2, 0.25) is 0 Å². The molecule has 170 valence electrons. The molecule has 0 atom stereocenters. The summed E-state index contributed by atoms with van der Waals surface area (Å²) < 4.78 is 0. The summed E-state index contributed by atoms with van der Waals surface area (Å²) in [5, 5.41) is 30.8. The average Bonchev–Trinajstić information content (AvgIpc) is 3.64. The molecule has 1 aromatic carbocycles. The van der Waals surface area contributed by atoms with Crippen LogP contribution in [0, 0.1) is 10.8 Å². The lowest BCUT2D eigenvalue weighted by Crippen LogP contribution is -1.99. The molecule has 2 saturated carbocycles. The van der Waals surface area contributed by atoms with Crippen LogP contribution in [0.5, 0.6) is 17.2 Å². The maximum atomic E-state index is 10.4. The normalized spacial score (nSPS) is 18.5. The Morgan fingerprint density at radius 2 is 1.27 bits per heavy atom. The fraction of sp³-hybridized carbons (Fsp3) is 0.778. The van der Waals surface area contributed by atoms with Crippen molar-refractivity contribution in [3.8, 4) is 17.2 Å². The Bertz CT molecular complexity index is 686. The molecular formula is C27H44O3. The van der Waals surface area contributed by atoms with E-state index in [0.29, 0.717) is 10.8 Å². The number of rotatable bonds is 15. The van der Waals surface area contributed by atoms with Crippen molar-refractivity contribution in [2.75, 3.05) is 0 Å². The van der Waals surface area contributed by atoms with Crippen LogP contribution in [0.3, 0.4) is 0 Å². The molecule has 0 heterocycles. The van der Waals surface area contributed by atoms with Crippen LogP contribution in [0.25, 0.3) is 0 Å². The summed E-state index contributed by atoms with van der Waals surface area (Å²) in [6.07, 6.45) is 20.6. The van der Waals surface area contributed by atoms with Gasteiger partial charge in [-0.15, -0.1) is 0 Å². The molecule has 2 fully saturated rings.